The van der Waals surface area contributed by atoms with Crippen LogP contribution in [0.25, 0.3) is 0 Å². The molecule has 0 aromatic heterocycles. The molecule has 1 heterocycles. The summed E-state index contributed by atoms with van der Waals surface area (Å²) in [5.41, 5.74) is 1.22. The Kier molecular flexibility index (Phi) is 3.59. The van der Waals surface area contributed by atoms with Crippen LogP contribution in [0.5, 0.6) is 11.5 Å². The molecule has 0 radical (unpaired) electrons. The molecule has 1 aromatic rings. The standard InChI is InChI=1S/C13H16N2O4/c1-8(13(16)15(2)3)19-9-4-5-10-11(14-17)7-18-12(10)6-9/h4-6,8,17H,7H2,1-3H3. The van der Waals surface area contributed by atoms with E-state index >= 15 is 0 Å². The fourth-order valence-electron chi connectivity index (χ4n) is 1.86. The van der Waals surface area contributed by atoms with Gasteiger partial charge in [-0.1, -0.05) is 5.16 Å². The highest BCUT2D eigenvalue weighted by atomic mass is 16.5. The lowest BCUT2D eigenvalue weighted by molar-refractivity contribution is -0.135. The van der Waals surface area contributed by atoms with E-state index in [0.717, 1.165) is 5.56 Å². The molecule has 1 N–H and O–H groups in total. The van der Waals surface area contributed by atoms with Gasteiger partial charge in [0.05, 0.1) is 0 Å². The van der Waals surface area contributed by atoms with Crippen molar-refractivity contribution in [3.8, 4) is 11.5 Å². The van der Waals surface area contributed by atoms with Crippen LogP contribution in [-0.2, 0) is 4.79 Å². The van der Waals surface area contributed by atoms with E-state index in [1.807, 2.05) is 0 Å². The maximum atomic E-state index is 11.7. The van der Waals surface area contributed by atoms with Gasteiger partial charge in [0.1, 0.15) is 23.8 Å². The van der Waals surface area contributed by atoms with E-state index < -0.39 is 6.10 Å². The summed E-state index contributed by atoms with van der Waals surface area (Å²) in [6.45, 7) is 1.93. The Bertz CT molecular complexity index is 525. The molecule has 1 aliphatic heterocycles. The van der Waals surface area contributed by atoms with Gasteiger partial charge in [0, 0.05) is 25.7 Å². The lowest BCUT2D eigenvalue weighted by Gasteiger charge is -2.18. The Hall–Kier alpha value is -2.24. The second-order valence-electron chi connectivity index (χ2n) is 4.49. The van der Waals surface area contributed by atoms with Crippen LogP contribution in [0.15, 0.2) is 23.4 Å². The summed E-state index contributed by atoms with van der Waals surface area (Å²) in [5.74, 6) is 1.02. The van der Waals surface area contributed by atoms with E-state index in [9.17, 15) is 4.79 Å². The summed E-state index contributed by atoms with van der Waals surface area (Å²) in [4.78, 5) is 13.2. The van der Waals surface area contributed by atoms with Crippen LogP contribution < -0.4 is 9.47 Å². The minimum atomic E-state index is -0.569. The Morgan fingerprint density at radius 3 is 2.89 bits per heavy atom. The van der Waals surface area contributed by atoms with Gasteiger partial charge in [0.15, 0.2) is 6.10 Å². The lowest BCUT2D eigenvalue weighted by atomic mass is 10.1. The van der Waals surface area contributed by atoms with Crippen LogP contribution in [0.3, 0.4) is 0 Å². The maximum Gasteiger partial charge on any atom is 0.262 e. The highest BCUT2D eigenvalue weighted by Crippen LogP contribution is 2.30. The zero-order valence-corrected chi connectivity index (χ0v) is 11.1. The van der Waals surface area contributed by atoms with Gasteiger partial charge in [-0.25, -0.2) is 0 Å². The third kappa shape index (κ3) is 2.62. The second-order valence-corrected chi connectivity index (χ2v) is 4.49. The molecular formula is C13H16N2O4. The molecule has 0 aliphatic carbocycles. The van der Waals surface area contributed by atoms with Crippen molar-refractivity contribution in [2.24, 2.45) is 5.16 Å². The minimum Gasteiger partial charge on any atom is -0.486 e. The number of amides is 1. The number of rotatable bonds is 3. The van der Waals surface area contributed by atoms with Crippen molar-refractivity contribution in [1.82, 2.24) is 4.90 Å². The molecular weight excluding hydrogens is 248 g/mol. The summed E-state index contributed by atoms with van der Waals surface area (Å²) in [6, 6.07) is 5.16. The molecule has 1 aliphatic rings. The van der Waals surface area contributed by atoms with Crippen LogP contribution in [0, 0.1) is 0 Å². The van der Waals surface area contributed by atoms with Gasteiger partial charge in [-0.3, -0.25) is 4.79 Å². The van der Waals surface area contributed by atoms with E-state index in [2.05, 4.69) is 5.16 Å². The summed E-state index contributed by atoms with van der Waals surface area (Å²) in [6.07, 6.45) is -0.569. The van der Waals surface area contributed by atoms with Crippen molar-refractivity contribution in [3.63, 3.8) is 0 Å². The summed E-state index contributed by atoms with van der Waals surface area (Å²) >= 11 is 0. The van der Waals surface area contributed by atoms with Crippen LogP contribution in [0.1, 0.15) is 12.5 Å². The molecule has 0 spiro atoms. The van der Waals surface area contributed by atoms with Gasteiger partial charge in [0.25, 0.3) is 5.91 Å². The molecule has 1 amide bonds. The first kappa shape index (κ1) is 13.2. The Morgan fingerprint density at radius 1 is 1.53 bits per heavy atom. The van der Waals surface area contributed by atoms with Crippen molar-refractivity contribution in [2.75, 3.05) is 20.7 Å². The van der Waals surface area contributed by atoms with Gasteiger partial charge in [-0.05, 0) is 19.1 Å². The number of fused-ring (bicyclic) bond motifs is 1. The highest BCUT2D eigenvalue weighted by molar-refractivity contribution is 6.06. The van der Waals surface area contributed by atoms with Gasteiger partial charge in [-0.15, -0.1) is 0 Å². The van der Waals surface area contributed by atoms with E-state index in [-0.39, 0.29) is 12.5 Å². The topological polar surface area (TPSA) is 71.4 Å². The maximum absolute atomic E-state index is 11.7. The molecule has 6 heteroatoms. The molecule has 1 atom stereocenters. The third-order valence-electron chi connectivity index (χ3n) is 2.85. The van der Waals surface area contributed by atoms with Crippen LogP contribution >= 0.6 is 0 Å². The smallest absolute Gasteiger partial charge is 0.262 e. The first-order valence-electron chi connectivity index (χ1n) is 5.89. The van der Waals surface area contributed by atoms with Crippen molar-refractivity contribution in [2.45, 2.75) is 13.0 Å². The van der Waals surface area contributed by atoms with E-state index in [4.69, 9.17) is 14.7 Å². The number of hydrogen-bond donors (Lipinski definition) is 1. The molecule has 0 fully saturated rings. The number of carbonyl (C=O) groups is 1. The number of ether oxygens (including phenoxy) is 2. The van der Waals surface area contributed by atoms with Gasteiger partial charge < -0.3 is 19.6 Å². The van der Waals surface area contributed by atoms with Crippen molar-refractivity contribution in [3.05, 3.63) is 23.8 Å². The molecule has 19 heavy (non-hydrogen) atoms. The number of likely N-dealkylation sites (N-methyl/N-ethyl adjacent to an activating group) is 1. The number of nitrogens with zero attached hydrogens (tertiary/aromatic N) is 2. The van der Waals surface area contributed by atoms with Crippen LogP contribution in [-0.4, -0.2) is 48.5 Å². The summed E-state index contributed by atoms with van der Waals surface area (Å²) < 4.78 is 10.9. The van der Waals surface area contributed by atoms with Crippen LogP contribution in [0.4, 0.5) is 0 Å². The molecule has 1 aromatic carbocycles. The van der Waals surface area contributed by atoms with Crippen molar-refractivity contribution >= 4 is 11.6 Å². The highest BCUT2D eigenvalue weighted by Gasteiger charge is 2.22. The fourth-order valence-corrected chi connectivity index (χ4v) is 1.86. The van der Waals surface area contributed by atoms with E-state index in [0.29, 0.717) is 17.2 Å². The lowest BCUT2D eigenvalue weighted by Crippen LogP contribution is -2.35. The zero-order valence-electron chi connectivity index (χ0n) is 11.1. The quantitative estimate of drug-likeness (QED) is 0.656. The molecule has 0 saturated carbocycles. The normalized spacial score (nSPS) is 16.7. The molecule has 6 nitrogen and oxygen atoms in total. The molecule has 1 unspecified atom stereocenters. The zero-order chi connectivity index (χ0) is 14.0. The van der Waals surface area contributed by atoms with Gasteiger partial charge >= 0.3 is 0 Å². The minimum absolute atomic E-state index is 0.112. The Balaban J connectivity index is 2.14. The predicted octanol–water partition coefficient (Wildman–Crippen LogP) is 1.11. The first-order chi connectivity index (χ1) is 9.02. The number of carbonyl (C=O) groups excluding carboxylic acids is 1. The average molecular weight is 264 g/mol. The van der Waals surface area contributed by atoms with Crippen LogP contribution in [0.2, 0.25) is 0 Å². The number of benzene rings is 1. The monoisotopic (exact) mass is 264 g/mol. The van der Waals surface area contributed by atoms with Gasteiger partial charge in [-0.2, -0.15) is 0 Å². The third-order valence-corrected chi connectivity index (χ3v) is 2.85. The van der Waals surface area contributed by atoms with Gasteiger partial charge in [0.2, 0.25) is 0 Å². The fraction of sp³-hybridized carbons (Fsp3) is 0.385. The molecule has 2 rings (SSSR count). The van der Waals surface area contributed by atoms with Crippen molar-refractivity contribution < 1.29 is 19.5 Å². The van der Waals surface area contributed by atoms with Crippen molar-refractivity contribution in [1.29, 1.82) is 0 Å². The molecule has 102 valence electrons. The largest absolute Gasteiger partial charge is 0.486 e. The average Bonchev–Trinajstić information content (AvgIpc) is 2.79. The predicted molar refractivity (Wildman–Crippen MR) is 69.0 cm³/mol. The Labute approximate surface area is 111 Å². The van der Waals surface area contributed by atoms with E-state index in [1.54, 1.807) is 39.2 Å². The summed E-state index contributed by atoms with van der Waals surface area (Å²) in [7, 11) is 3.36. The molecule has 0 bridgehead atoms. The number of oxime groups is 1. The van der Waals surface area contributed by atoms with E-state index in [1.165, 1.54) is 4.90 Å². The first-order valence-corrected chi connectivity index (χ1v) is 5.89. The molecule has 0 saturated heterocycles. The second kappa shape index (κ2) is 5.17. The number of hydrogen-bond acceptors (Lipinski definition) is 5. The summed E-state index contributed by atoms with van der Waals surface area (Å²) in [5, 5.41) is 11.9. The Morgan fingerprint density at radius 2 is 2.26 bits per heavy atom. The SMILES string of the molecule is CC(Oc1ccc2c(c1)OCC2=NO)C(=O)N(C)C.